The molecule has 0 bridgehead atoms. The molecular weight excluding hydrogens is 290 g/mol. The summed E-state index contributed by atoms with van der Waals surface area (Å²) in [4.78, 5) is 24.3. The van der Waals surface area contributed by atoms with Crippen LogP contribution in [-0.2, 0) is 0 Å². The van der Waals surface area contributed by atoms with Crippen molar-refractivity contribution in [1.82, 2.24) is 10.6 Å². The van der Waals surface area contributed by atoms with E-state index in [2.05, 4.69) is 16.0 Å². The molecule has 1 saturated carbocycles. The fourth-order valence-corrected chi connectivity index (χ4v) is 2.93. The van der Waals surface area contributed by atoms with Gasteiger partial charge in [-0.25, -0.2) is 4.79 Å². The molecule has 1 aromatic carbocycles. The molecule has 126 valence electrons. The average Bonchev–Trinajstić information content (AvgIpc) is 2.53. The Bertz CT molecular complexity index is 537. The molecule has 1 fully saturated rings. The van der Waals surface area contributed by atoms with Crippen molar-refractivity contribution < 1.29 is 9.59 Å². The van der Waals surface area contributed by atoms with E-state index in [0.29, 0.717) is 23.7 Å². The predicted octanol–water partition coefficient (Wildman–Crippen LogP) is 3.53. The Morgan fingerprint density at radius 3 is 2.52 bits per heavy atom. The molecule has 1 aliphatic rings. The summed E-state index contributed by atoms with van der Waals surface area (Å²) >= 11 is 0. The number of urea groups is 1. The summed E-state index contributed by atoms with van der Waals surface area (Å²) in [5.74, 6) is 0.452. The summed E-state index contributed by atoms with van der Waals surface area (Å²) < 4.78 is 0. The van der Waals surface area contributed by atoms with E-state index in [1.807, 2.05) is 19.9 Å². The number of nitrogens with one attached hydrogen (secondary N) is 3. The quantitative estimate of drug-likeness (QED) is 0.777. The van der Waals surface area contributed by atoms with Crippen molar-refractivity contribution in [1.29, 1.82) is 0 Å². The summed E-state index contributed by atoms with van der Waals surface area (Å²) in [5, 5.41) is 8.52. The lowest BCUT2D eigenvalue weighted by atomic mass is 9.89. The molecule has 0 spiro atoms. The SMILES string of the molecule is CC(C)NC(=O)Nc1ccccc1C(=O)NCC1CCCCC1. The van der Waals surface area contributed by atoms with E-state index >= 15 is 0 Å². The first-order chi connectivity index (χ1) is 11.1. The van der Waals surface area contributed by atoms with Crippen molar-refractivity contribution in [3.63, 3.8) is 0 Å². The van der Waals surface area contributed by atoms with Crippen LogP contribution in [0.5, 0.6) is 0 Å². The molecule has 0 radical (unpaired) electrons. The number of carbonyl (C=O) groups excluding carboxylic acids is 2. The van der Waals surface area contributed by atoms with Crippen LogP contribution < -0.4 is 16.0 Å². The molecule has 0 aromatic heterocycles. The molecule has 2 rings (SSSR count). The normalized spacial score (nSPS) is 15.3. The highest BCUT2D eigenvalue weighted by Gasteiger charge is 2.17. The topological polar surface area (TPSA) is 70.2 Å². The monoisotopic (exact) mass is 317 g/mol. The van der Waals surface area contributed by atoms with Crippen LogP contribution in [0.2, 0.25) is 0 Å². The number of amides is 3. The van der Waals surface area contributed by atoms with Crippen LogP contribution in [0.4, 0.5) is 10.5 Å². The molecule has 3 N–H and O–H groups in total. The number of anilines is 1. The zero-order chi connectivity index (χ0) is 16.7. The summed E-state index contributed by atoms with van der Waals surface area (Å²) in [6.07, 6.45) is 6.21. The molecule has 1 aliphatic carbocycles. The molecule has 0 saturated heterocycles. The molecule has 0 atom stereocenters. The number of para-hydroxylation sites is 1. The van der Waals surface area contributed by atoms with Gasteiger partial charge in [-0.2, -0.15) is 0 Å². The van der Waals surface area contributed by atoms with Crippen LogP contribution in [0.25, 0.3) is 0 Å². The Balaban J connectivity index is 1.95. The Hall–Kier alpha value is -2.04. The lowest BCUT2D eigenvalue weighted by Crippen LogP contribution is -2.35. The molecular formula is C18H27N3O2. The van der Waals surface area contributed by atoms with Gasteiger partial charge in [0.25, 0.3) is 5.91 Å². The fourth-order valence-electron chi connectivity index (χ4n) is 2.93. The lowest BCUT2D eigenvalue weighted by molar-refractivity contribution is 0.0944. The highest BCUT2D eigenvalue weighted by atomic mass is 16.2. The smallest absolute Gasteiger partial charge is 0.319 e. The van der Waals surface area contributed by atoms with Gasteiger partial charge in [-0.3, -0.25) is 4.79 Å². The first-order valence-corrected chi connectivity index (χ1v) is 8.51. The van der Waals surface area contributed by atoms with Crippen LogP contribution in [0.1, 0.15) is 56.3 Å². The van der Waals surface area contributed by atoms with E-state index in [1.54, 1.807) is 18.2 Å². The molecule has 0 aliphatic heterocycles. The molecule has 1 aromatic rings. The summed E-state index contributed by atoms with van der Waals surface area (Å²) in [6.45, 7) is 4.50. The second kappa shape index (κ2) is 8.56. The molecule has 0 heterocycles. The van der Waals surface area contributed by atoms with E-state index in [-0.39, 0.29) is 18.0 Å². The van der Waals surface area contributed by atoms with E-state index in [9.17, 15) is 9.59 Å². The van der Waals surface area contributed by atoms with Crippen molar-refractivity contribution in [2.45, 2.75) is 52.0 Å². The van der Waals surface area contributed by atoms with E-state index < -0.39 is 0 Å². The summed E-state index contributed by atoms with van der Waals surface area (Å²) in [6, 6.07) is 6.84. The minimum absolute atomic E-state index is 0.0438. The van der Waals surface area contributed by atoms with Crippen molar-refractivity contribution in [2.24, 2.45) is 5.92 Å². The first-order valence-electron chi connectivity index (χ1n) is 8.51. The number of benzene rings is 1. The van der Waals surface area contributed by atoms with Crippen LogP contribution >= 0.6 is 0 Å². The highest BCUT2D eigenvalue weighted by molar-refractivity contribution is 6.03. The highest BCUT2D eigenvalue weighted by Crippen LogP contribution is 2.23. The van der Waals surface area contributed by atoms with Gasteiger partial charge in [0, 0.05) is 12.6 Å². The van der Waals surface area contributed by atoms with Gasteiger partial charge in [-0.1, -0.05) is 31.4 Å². The molecule has 23 heavy (non-hydrogen) atoms. The van der Waals surface area contributed by atoms with E-state index in [0.717, 1.165) is 0 Å². The second-order valence-electron chi connectivity index (χ2n) is 6.51. The first kappa shape index (κ1) is 17.3. The van der Waals surface area contributed by atoms with E-state index in [1.165, 1.54) is 32.1 Å². The molecule has 3 amide bonds. The number of carbonyl (C=O) groups is 2. The standard InChI is InChI=1S/C18H27N3O2/c1-13(2)20-18(23)21-16-11-7-6-10-15(16)17(22)19-12-14-8-4-3-5-9-14/h6-7,10-11,13-14H,3-5,8-9,12H2,1-2H3,(H,19,22)(H2,20,21,23). The number of hydrogen-bond acceptors (Lipinski definition) is 2. The van der Waals surface area contributed by atoms with Gasteiger partial charge in [0.1, 0.15) is 0 Å². The lowest BCUT2D eigenvalue weighted by Gasteiger charge is -2.22. The van der Waals surface area contributed by atoms with Crippen LogP contribution in [-0.4, -0.2) is 24.5 Å². The minimum Gasteiger partial charge on any atom is -0.352 e. The third-order valence-corrected chi connectivity index (χ3v) is 4.12. The largest absolute Gasteiger partial charge is 0.352 e. The molecule has 5 heteroatoms. The maximum absolute atomic E-state index is 12.4. The third-order valence-electron chi connectivity index (χ3n) is 4.12. The van der Waals surface area contributed by atoms with Crippen LogP contribution in [0.15, 0.2) is 24.3 Å². The second-order valence-corrected chi connectivity index (χ2v) is 6.51. The zero-order valence-corrected chi connectivity index (χ0v) is 14.0. The Labute approximate surface area is 138 Å². The summed E-state index contributed by atoms with van der Waals surface area (Å²) in [7, 11) is 0. The van der Waals surface area contributed by atoms with Gasteiger partial charge < -0.3 is 16.0 Å². The fraction of sp³-hybridized carbons (Fsp3) is 0.556. The Morgan fingerprint density at radius 2 is 1.83 bits per heavy atom. The number of rotatable bonds is 5. The van der Waals surface area contributed by atoms with Gasteiger partial charge in [0.2, 0.25) is 0 Å². The van der Waals surface area contributed by atoms with Gasteiger partial charge in [0.05, 0.1) is 11.3 Å². The summed E-state index contributed by atoms with van der Waals surface area (Å²) in [5.41, 5.74) is 1.04. The van der Waals surface area contributed by atoms with Gasteiger partial charge >= 0.3 is 6.03 Å². The van der Waals surface area contributed by atoms with Crippen molar-refractivity contribution in [2.75, 3.05) is 11.9 Å². The maximum Gasteiger partial charge on any atom is 0.319 e. The average molecular weight is 317 g/mol. The van der Waals surface area contributed by atoms with E-state index in [4.69, 9.17) is 0 Å². The van der Waals surface area contributed by atoms with Crippen LogP contribution in [0.3, 0.4) is 0 Å². The van der Waals surface area contributed by atoms with Crippen LogP contribution in [0, 0.1) is 5.92 Å². The van der Waals surface area contributed by atoms with Gasteiger partial charge in [0.15, 0.2) is 0 Å². The van der Waals surface area contributed by atoms with Crippen molar-refractivity contribution >= 4 is 17.6 Å². The third kappa shape index (κ3) is 5.58. The predicted molar refractivity (Wildman–Crippen MR) is 92.6 cm³/mol. The number of hydrogen-bond donors (Lipinski definition) is 3. The molecule has 5 nitrogen and oxygen atoms in total. The van der Waals surface area contributed by atoms with Gasteiger partial charge in [-0.05, 0) is 44.7 Å². The van der Waals surface area contributed by atoms with Crippen molar-refractivity contribution in [3.8, 4) is 0 Å². The maximum atomic E-state index is 12.4. The zero-order valence-electron chi connectivity index (χ0n) is 14.0. The Morgan fingerprint density at radius 1 is 1.13 bits per heavy atom. The van der Waals surface area contributed by atoms with Gasteiger partial charge in [-0.15, -0.1) is 0 Å². The minimum atomic E-state index is -0.299. The van der Waals surface area contributed by atoms with Crippen molar-refractivity contribution in [3.05, 3.63) is 29.8 Å². The molecule has 0 unspecified atom stereocenters. The Kier molecular flexibility index (Phi) is 6.44.